The van der Waals surface area contributed by atoms with Gasteiger partial charge in [0.1, 0.15) is 6.10 Å². The third-order valence-electron chi connectivity index (χ3n) is 5.80. The first-order chi connectivity index (χ1) is 13.6. The molecule has 2 fully saturated rings. The zero-order valence-corrected chi connectivity index (χ0v) is 17.2. The molecule has 160 valence electrons. The van der Waals surface area contributed by atoms with Gasteiger partial charge < -0.3 is 18.9 Å². The van der Waals surface area contributed by atoms with Gasteiger partial charge in [0.15, 0.2) is 0 Å². The highest BCUT2D eigenvalue weighted by atomic mass is 16.5. The molecule has 0 aliphatic heterocycles. The van der Waals surface area contributed by atoms with E-state index in [0.29, 0.717) is 12.7 Å². The lowest BCUT2D eigenvalue weighted by Gasteiger charge is -2.31. The number of hydrogen-bond acceptors (Lipinski definition) is 6. The van der Waals surface area contributed by atoms with Gasteiger partial charge in [-0.15, -0.1) is 0 Å². The minimum Gasteiger partial charge on any atom is -0.463 e. The monoisotopic (exact) mass is 396 g/mol. The van der Waals surface area contributed by atoms with Gasteiger partial charge in [-0.2, -0.15) is 0 Å². The molecule has 0 heterocycles. The van der Waals surface area contributed by atoms with Crippen LogP contribution in [-0.4, -0.2) is 50.6 Å². The average Bonchev–Trinajstić information content (AvgIpc) is 2.73. The number of methoxy groups -OCH3 is 1. The summed E-state index contributed by atoms with van der Waals surface area (Å²) < 4.78 is 22.0. The third-order valence-corrected chi connectivity index (χ3v) is 5.80. The van der Waals surface area contributed by atoms with Crippen molar-refractivity contribution in [3.05, 3.63) is 12.7 Å². The Balaban J connectivity index is 1.49. The summed E-state index contributed by atoms with van der Waals surface area (Å²) in [6.07, 6.45) is 11.9. The van der Waals surface area contributed by atoms with Crippen LogP contribution in [0.2, 0.25) is 0 Å². The minimum atomic E-state index is -0.366. The van der Waals surface area contributed by atoms with Crippen molar-refractivity contribution in [2.24, 2.45) is 5.92 Å². The van der Waals surface area contributed by atoms with Crippen molar-refractivity contribution in [2.45, 2.75) is 88.9 Å². The van der Waals surface area contributed by atoms with Crippen LogP contribution in [0.1, 0.15) is 70.6 Å². The molecule has 0 amide bonds. The highest BCUT2D eigenvalue weighted by Gasteiger charge is 2.30. The van der Waals surface area contributed by atoms with E-state index in [4.69, 9.17) is 18.9 Å². The van der Waals surface area contributed by atoms with Crippen LogP contribution in [0.15, 0.2) is 12.7 Å². The molecule has 0 spiro atoms. The highest BCUT2D eigenvalue weighted by molar-refractivity contribution is 5.81. The van der Waals surface area contributed by atoms with Crippen molar-refractivity contribution in [2.75, 3.05) is 20.3 Å². The summed E-state index contributed by atoms with van der Waals surface area (Å²) in [6, 6.07) is 0. The Morgan fingerprint density at radius 2 is 1.46 bits per heavy atom. The molecular weight excluding hydrogens is 360 g/mol. The molecule has 0 atom stereocenters. The number of esters is 2. The van der Waals surface area contributed by atoms with Gasteiger partial charge in [0.2, 0.25) is 0 Å². The Labute approximate surface area is 168 Å². The first-order valence-corrected chi connectivity index (χ1v) is 10.8. The van der Waals surface area contributed by atoms with E-state index in [0.717, 1.165) is 77.2 Å². The lowest BCUT2D eigenvalue weighted by molar-refractivity contribution is -0.159. The number of rotatable bonds is 11. The van der Waals surface area contributed by atoms with Crippen molar-refractivity contribution < 1.29 is 28.5 Å². The topological polar surface area (TPSA) is 71.1 Å². The van der Waals surface area contributed by atoms with Gasteiger partial charge in [0, 0.05) is 19.8 Å². The molecule has 0 N–H and O–H groups in total. The standard InChI is InChI=1S/C22H36O6/c1-3-21(23)27-16-6-4-5-15-26-19-9-7-17(8-10-19)22(24)28-20-13-11-18(25-2)12-14-20/h3,17-20H,1,4-16H2,2H3. The first kappa shape index (κ1) is 22.9. The maximum absolute atomic E-state index is 12.4. The predicted molar refractivity (Wildman–Crippen MR) is 106 cm³/mol. The van der Waals surface area contributed by atoms with E-state index in [1.165, 1.54) is 6.08 Å². The van der Waals surface area contributed by atoms with Crippen molar-refractivity contribution in [1.82, 2.24) is 0 Å². The van der Waals surface area contributed by atoms with Gasteiger partial charge in [-0.1, -0.05) is 6.58 Å². The summed E-state index contributed by atoms with van der Waals surface area (Å²) in [5.74, 6) is -0.359. The van der Waals surface area contributed by atoms with Gasteiger partial charge in [-0.05, 0) is 70.6 Å². The Hall–Kier alpha value is -1.40. The van der Waals surface area contributed by atoms with Crippen molar-refractivity contribution in [3.8, 4) is 0 Å². The van der Waals surface area contributed by atoms with Gasteiger partial charge in [0.25, 0.3) is 0 Å². The molecule has 28 heavy (non-hydrogen) atoms. The number of carbonyl (C=O) groups excluding carboxylic acids is 2. The van der Waals surface area contributed by atoms with Crippen LogP contribution in [0.5, 0.6) is 0 Å². The molecule has 2 rings (SSSR count). The summed E-state index contributed by atoms with van der Waals surface area (Å²) in [5, 5.41) is 0. The second-order valence-electron chi connectivity index (χ2n) is 7.85. The lowest BCUT2D eigenvalue weighted by atomic mass is 9.87. The molecule has 2 aliphatic rings. The molecule has 0 aromatic carbocycles. The van der Waals surface area contributed by atoms with Gasteiger partial charge >= 0.3 is 11.9 Å². The summed E-state index contributed by atoms with van der Waals surface area (Å²) >= 11 is 0. The molecule has 6 heteroatoms. The molecule has 6 nitrogen and oxygen atoms in total. The highest BCUT2D eigenvalue weighted by Crippen LogP contribution is 2.30. The van der Waals surface area contributed by atoms with Crippen molar-refractivity contribution in [3.63, 3.8) is 0 Å². The number of ether oxygens (including phenoxy) is 4. The van der Waals surface area contributed by atoms with E-state index >= 15 is 0 Å². The minimum absolute atomic E-state index is 0.0200. The van der Waals surface area contributed by atoms with Crippen LogP contribution >= 0.6 is 0 Å². The zero-order chi connectivity index (χ0) is 20.2. The molecule has 2 saturated carbocycles. The summed E-state index contributed by atoms with van der Waals surface area (Å²) in [5.41, 5.74) is 0. The molecule has 0 saturated heterocycles. The molecule has 0 radical (unpaired) electrons. The van der Waals surface area contributed by atoms with E-state index < -0.39 is 0 Å². The molecule has 0 bridgehead atoms. The SMILES string of the molecule is C=CC(=O)OCCCCCOC1CCC(C(=O)OC2CCC(OC)CC2)CC1. The Bertz CT molecular complexity index is 475. The zero-order valence-electron chi connectivity index (χ0n) is 17.2. The Kier molecular flexibility index (Phi) is 10.6. The average molecular weight is 397 g/mol. The number of carbonyl (C=O) groups is 2. The quantitative estimate of drug-likeness (QED) is 0.299. The second kappa shape index (κ2) is 12.9. The van der Waals surface area contributed by atoms with Crippen molar-refractivity contribution in [1.29, 1.82) is 0 Å². The second-order valence-corrected chi connectivity index (χ2v) is 7.85. The van der Waals surface area contributed by atoms with E-state index in [1.807, 2.05) is 0 Å². The van der Waals surface area contributed by atoms with Gasteiger partial charge in [0.05, 0.1) is 24.7 Å². The fraction of sp³-hybridized carbons (Fsp3) is 0.818. The maximum atomic E-state index is 12.4. The lowest BCUT2D eigenvalue weighted by Crippen LogP contribution is -2.32. The van der Waals surface area contributed by atoms with E-state index in [1.54, 1.807) is 7.11 Å². The number of unbranched alkanes of at least 4 members (excludes halogenated alkanes) is 2. The Morgan fingerprint density at radius 3 is 2.11 bits per heavy atom. The molecular formula is C22H36O6. The van der Waals surface area contributed by atoms with E-state index in [2.05, 4.69) is 6.58 Å². The van der Waals surface area contributed by atoms with Gasteiger partial charge in [-0.3, -0.25) is 4.79 Å². The first-order valence-electron chi connectivity index (χ1n) is 10.8. The van der Waals surface area contributed by atoms with Gasteiger partial charge in [-0.25, -0.2) is 4.79 Å². The molecule has 2 aliphatic carbocycles. The third kappa shape index (κ3) is 8.31. The summed E-state index contributed by atoms with van der Waals surface area (Å²) in [4.78, 5) is 23.3. The van der Waals surface area contributed by atoms with E-state index in [9.17, 15) is 9.59 Å². The van der Waals surface area contributed by atoms with Crippen LogP contribution in [0.3, 0.4) is 0 Å². The fourth-order valence-corrected chi connectivity index (χ4v) is 3.97. The largest absolute Gasteiger partial charge is 0.463 e. The van der Waals surface area contributed by atoms with Crippen LogP contribution in [-0.2, 0) is 28.5 Å². The van der Waals surface area contributed by atoms with Crippen LogP contribution < -0.4 is 0 Å². The summed E-state index contributed by atoms with van der Waals surface area (Å²) in [6.45, 7) is 4.52. The van der Waals surface area contributed by atoms with Crippen LogP contribution in [0.4, 0.5) is 0 Å². The van der Waals surface area contributed by atoms with Crippen LogP contribution in [0, 0.1) is 5.92 Å². The molecule has 0 aromatic heterocycles. The maximum Gasteiger partial charge on any atom is 0.330 e. The summed E-state index contributed by atoms with van der Waals surface area (Å²) in [7, 11) is 1.75. The normalized spacial score (nSPS) is 27.8. The van der Waals surface area contributed by atoms with Crippen LogP contribution in [0.25, 0.3) is 0 Å². The fourth-order valence-electron chi connectivity index (χ4n) is 3.97. The predicted octanol–water partition coefficient (Wildman–Crippen LogP) is 3.96. The van der Waals surface area contributed by atoms with Crippen molar-refractivity contribution >= 4 is 11.9 Å². The Morgan fingerprint density at radius 1 is 0.857 bits per heavy atom. The number of hydrogen-bond donors (Lipinski definition) is 0. The molecule has 0 unspecified atom stereocenters. The van der Waals surface area contributed by atoms with E-state index in [-0.39, 0.29) is 30.1 Å². The smallest absolute Gasteiger partial charge is 0.330 e. The molecule has 0 aromatic rings.